The van der Waals surface area contributed by atoms with Gasteiger partial charge in [0, 0.05) is 5.69 Å². The van der Waals surface area contributed by atoms with Crippen molar-refractivity contribution in [2.24, 2.45) is 0 Å². The van der Waals surface area contributed by atoms with Crippen LogP contribution in [0.5, 0.6) is 0 Å². The zero-order chi connectivity index (χ0) is 18.7. The first-order valence-electron chi connectivity index (χ1n) is 7.42. The average Bonchev–Trinajstić information content (AvgIpc) is 3.26. The number of amides is 1. The Morgan fingerprint density at radius 2 is 2.15 bits per heavy atom. The summed E-state index contributed by atoms with van der Waals surface area (Å²) in [5.74, 6) is -0.694. The lowest BCUT2D eigenvalue weighted by atomic mass is 10.2. The van der Waals surface area contributed by atoms with Crippen LogP contribution in [0, 0.1) is 0 Å². The number of hydrogen-bond acceptors (Lipinski definition) is 5. The molecule has 0 fully saturated rings. The van der Waals surface area contributed by atoms with Crippen LogP contribution in [0.15, 0.2) is 47.3 Å². The van der Waals surface area contributed by atoms with Gasteiger partial charge in [-0.3, -0.25) is 4.79 Å². The van der Waals surface area contributed by atoms with Gasteiger partial charge in [0.1, 0.15) is 0 Å². The molecule has 2 N–H and O–H groups in total. The molecule has 6 nitrogen and oxygen atoms in total. The van der Waals surface area contributed by atoms with E-state index in [0.29, 0.717) is 0 Å². The standard InChI is InChI=1S/C16H13F3N4O2S/c17-16(18,19)11-2-1-3-12(6-11)20-15(25)13-7-23(22-21-13)8-14(24)10-4-5-26-9-10/h1-7,9,14,24H,8H2,(H,20,25). The summed E-state index contributed by atoms with van der Waals surface area (Å²) in [5, 5.41) is 23.5. The predicted molar refractivity (Wildman–Crippen MR) is 88.7 cm³/mol. The number of halogens is 3. The van der Waals surface area contributed by atoms with Crippen molar-refractivity contribution in [3.05, 3.63) is 64.1 Å². The number of anilines is 1. The van der Waals surface area contributed by atoms with Crippen molar-refractivity contribution in [3.63, 3.8) is 0 Å². The Morgan fingerprint density at radius 1 is 1.35 bits per heavy atom. The van der Waals surface area contributed by atoms with Crippen molar-refractivity contribution in [1.82, 2.24) is 15.0 Å². The number of hydrogen-bond donors (Lipinski definition) is 2. The molecule has 0 saturated heterocycles. The van der Waals surface area contributed by atoms with Crippen LogP contribution in [-0.4, -0.2) is 26.0 Å². The normalized spacial score (nSPS) is 12.8. The fourth-order valence-electron chi connectivity index (χ4n) is 2.21. The molecule has 10 heteroatoms. The summed E-state index contributed by atoms with van der Waals surface area (Å²) < 4.78 is 39.4. The number of carbonyl (C=O) groups is 1. The molecule has 0 saturated carbocycles. The van der Waals surface area contributed by atoms with Crippen molar-refractivity contribution in [2.75, 3.05) is 5.32 Å². The summed E-state index contributed by atoms with van der Waals surface area (Å²) in [6.07, 6.45) is -3.98. The van der Waals surface area contributed by atoms with Gasteiger partial charge in [0.25, 0.3) is 5.91 Å². The van der Waals surface area contributed by atoms with E-state index < -0.39 is 23.8 Å². The molecule has 2 heterocycles. The highest BCUT2D eigenvalue weighted by atomic mass is 32.1. The molecule has 1 atom stereocenters. The third-order valence-electron chi connectivity index (χ3n) is 3.51. The van der Waals surface area contributed by atoms with Crippen LogP contribution in [0.25, 0.3) is 0 Å². The van der Waals surface area contributed by atoms with Crippen molar-refractivity contribution in [1.29, 1.82) is 0 Å². The van der Waals surface area contributed by atoms with E-state index in [9.17, 15) is 23.1 Å². The number of thiophene rings is 1. The smallest absolute Gasteiger partial charge is 0.386 e. The van der Waals surface area contributed by atoms with Crippen LogP contribution in [0.4, 0.5) is 18.9 Å². The van der Waals surface area contributed by atoms with Gasteiger partial charge in [-0.2, -0.15) is 24.5 Å². The minimum atomic E-state index is -4.50. The minimum Gasteiger partial charge on any atom is -0.386 e. The van der Waals surface area contributed by atoms with E-state index in [4.69, 9.17) is 0 Å². The van der Waals surface area contributed by atoms with Crippen molar-refractivity contribution < 1.29 is 23.1 Å². The molecule has 26 heavy (non-hydrogen) atoms. The molecule has 0 aliphatic heterocycles. The molecule has 1 unspecified atom stereocenters. The molecule has 3 aromatic rings. The first kappa shape index (κ1) is 18.1. The molecule has 1 aromatic carbocycles. The lowest BCUT2D eigenvalue weighted by molar-refractivity contribution is -0.137. The summed E-state index contributed by atoms with van der Waals surface area (Å²) in [7, 11) is 0. The van der Waals surface area contributed by atoms with Gasteiger partial charge in [0.15, 0.2) is 5.69 Å². The topological polar surface area (TPSA) is 80.0 Å². The quantitative estimate of drug-likeness (QED) is 0.709. The number of carbonyl (C=O) groups excluding carboxylic acids is 1. The fourth-order valence-corrected chi connectivity index (χ4v) is 2.91. The second kappa shape index (κ2) is 7.26. The monoisotopic (exact) mass is 382 g/mol. The van der Waals surface area contributed by atoms with E-state index in [-0.39, 0.29) is 17.9 Å². The largest absolute Gasteiger partial charge is 0.416 e. The van der Waals surface area contributed by atoms with Gasteiger partial charge in [-0.15, -0.1) is 5.10 Å². The number of rotatable bonds is 5. The van der Waals surface area contributed by atoms with E-state index in [2.05, 4.69) is 15.6 Å². The Hall–Kier alpha value is -2.72. The molecule has 0 aliphatic rings. The van der Waals surface area contributed by atoms with Gasteiger partial charge in [-0.1, -0.05) is 11.3 Å². The maximum Gasteiger partial charge on any atom is 0.416 e. The Kier molecular flexibility index (Phi) is 5.05. The van der Waals surface area contributed by atoms with E-state index in [1.807, 2.05) is 5.38 Å². The third-order valence-corrected chi connectivity index (χ3v) is 4.21. The maximum atomic E-state index is 12.7. The molecule has 1 amide bonds. The lowest BCUT2D eigenvalue weighted by Crippen LogP contribution is -2.13. The lowest BCUT2D eigenvalue weighted by Gasteiger charge is -2.09. The number of aliphatic hydroxyl groups is 1. The average molecular weight is 382 g/mol. The van der Waals surface area contributed by atoms with E-state index in [1.54, 1.807) is 11.4 Å². The number of benzene rings is 1. The number of nitrogens with zero attached hydrogens (tertiary/aromatic N) is 3. The van der Waals surface area contributed by atoms with Crippen molar-refractivity contribution in [3.8, 4) is 0 Å². The van der Waals surface area contributed by atoms with Gasteiger partial charge in [-0.05, 0) is 40.6 Å². The molecule has 0 radical (unpaired) electrons. The summed E-state index contributed by atoms with van der Waals surface area (Å²) >= 11 is 1.44. The van der Waals surface area contributed by atoms with Crippen LogP contribution in [-0.2, 0) is 12.7 Å². The first-order valence-corrected chi connectivity index (χ1v) is 8.36. The number of alkyl halides is 3. The first-order chi connectivity index (χ1) is 12.3. The highest BCUT2D eigenvalue weighted by Gasteiger charge is 2.30. The number of nitrogens with one attached hydrogen (secondary N) is 1. The molecule has 0 aliphatic carbocycles. The molecule has 0 spiro atoms. The van der Waals surface area contributed by atoms with Crippen molar-refractivity contribution >= 4 is 22.9 Å². The molecular weight excluding hydrogens is 369 g/mol. The van der Waals surface area contributed by atoms with Crippen LogP contribution in [0.1, 0.15) is 27.7 Å². The van der Waals surface area contributed by atoms with Crippen LogP contribution in [0.2, 0.25) is 0 Å². The van der Waals surface area contributed by atoms with Crippen LogP contribution >= 0.6 is 11.3 Å². The Bertz CT molecular complexity index is 893. The summed E-state index contributed by atoms with van der Waals surface area (Å²) in [5.41, 5.74) is -0.212. The van der Waals surface area contributed by atoms with Gasteiger partial charge in [-0.25, -0.2) is 4.68 Å². The fraction of sp³-hybridized carbons (Fsp3) is 0.188. The van der Waals surface area contributed by atoms with Crippen LogP contribution < -0.4 is 5.32 Å². The van der Waals surface area contributed by atoms with Gasteiger partial charge in [0.2, 0.25) is 0 Å². The summed E-state index contributed by atoms with van der Waals surface area (Å²) in [4.78, 5) is 12.1. The molecule has 2 aromatic heterocycles. The van der Waals surface area contributed by atoms with E-state index in [1.165, 1.54) is 34.3 Å². The second-order valence-electron chi connectivity index (χ2n) is 5.43. The zero-order valence-electron chi connectivity index (χ0n) is 13.1. The van der Waals surface area contributed by atoms with Gasteiger partial charge >= 0.3 is 6.18 Å². The Morgan fingerprint density at radius 3 is 2.85 bits per heavy atom. The highest BCUT2D eigenvalue weighted by molar-refractivity contribution is 7.07. The number of aliphatic hydroxyl groups excluding tert-OH is 1. The molecule has 136 valence electrons. The van der Waals surface area contributed by atoms with E-state index >= 15 is 0 Å². The third kappa shape index (κ3) is 4.27. The molecule has 0 bridgehead atoms. The summed E-state index contributed by atoms with van der Waals surface area (Å²) in [6, 6.07) is 6.07. The Balaban J connectivity index is 1.67. The van der Waals surface area contributed by atoms with Gasteiger partial charge in [0.05, 0.1) is 24.4 Å². The second-order valence-corrected chi connectivity index (χ2v) is 6.21. The zero-order valence-corrected chi connectivity index (χ0v) is 14.0. The SMILES string of the molecule is O=C(Nc1cccc(C(F)(F)F)c1)c1cn(CC(O)c2ccsc2)nn1. The summed E-state index contributed by atoms with van der Waals surface area (Å²) in [6.45, 7) is 0.0978. The Labute approximate surface area is 149 Å². The van der Waals surface area contributed by atoms with Gasteiger partial charge < -0.3 is 10.4 Å². The van der Waals surface area contributed by atoms with E-state index in [0.717, 1.165) is 17.7 Å². The predicted octanol–water partition coefficient (Wildman–Crippen LogP) is 3.34. The molecule has 3 rings (SSSR count). The highest BCUT2D eigenvalue weighted by Crippen LogP contribution is 2.30. The maximum absolute atomic E-state index is 12.7. The minimum absolute atomic E-state index is 0.00215. The molecular formula is C16H13F3N4O2S. The number of aromatic nitrogens is 3. The van der Waals surface area contributed by atoms with Crippen LogP contribution in [0.3, 0.4) is 0 Å². The van der Waals surface area contributed by atoms with Crippen molar-refractivity contribution in [2.45, 2.75) is 18.8 Å².